The zero-order chi connectivity index (χ0) is 15.0. The summed E-state index contributed by atoms with van der Waals surface area (Å²) < 4.78 is 5.29. The molecule has 1 aromatic rings. The van der Waals surface area contributed by atoms with Crippen molar-refractivity contribution in [2.24, 2.45) is 0 Å². The van der Waals surface area contributed by atoms with Crippen LogP contribution in [0, 0.1) is 0 Å². The summed E-state index contributed by atoms with van der Waals surface area (Å²) in [4.78, 5) is 22.6. The highest BCUT2D eigenvalue weighted by Gasteiger charge is 2.19. The van der Waals surface area contributed by atoms with Crippen molar-refractivity contribution in [1.29, 1.82) is 0 Å². The molecule has 0 fully saturated rings. The molecule has 20 heavy (non-hydrogen) atoms. The van der Waals surface area contributed by atoms with Crippen LogP contribution in [0.2, 0.25) is 0 Å². The molecule has 0 heterocycles. The number of carbonyl (C=O) groups excluding carboxylic acids is 1. The average molecular weight is 281 g/mol. The van der Waals surface area contributed by atoms with Gasteiger partial charge in [-0.15, -0.1) is 0 Å². The molecule has 0 bridgehead atoms. The van der Waals surface area contributed by atoms with Crippen LogP contribution in [0.1, 0.15) is 18.9 Å². The molecule has 6 nitrogen and oxygen atoms in total. The summed E-state index contributed by atoms with van der Waals surface area (Å²) >= 11 is 0. The first kappa shape index (κ1) is 16.0. The molecular weight excluding hydrogens is 262 g/mol. The van der Waals surface area contributed by atoms with E-state index in [1.165, 1.54) is 0 Å². The van der Waals surface area contributed by atoms with Crippen LogP contribution < -0.4 is 10.1 Å². The van der Waals surface area contributed by atoms with Crippen LogP contribution in [0.3, 0.4) is 0 Å². The Hall–Kier alpha value is -2.08. The molecule has 0 aromatic heterocycles. The van der Waals surface area contributed by atoms with Crippen molar-refractivity contribution in [3.63, 3.8) is 0 Å². The number of carbonyl (C=O) groups is 2. The monoisotopic (exact) mass is 281 g/mol. The van der Waals surface area contributed by atoms with E-state index in [0.717, 1.165) is 11.3 Å². The lowest BCUT2D eigenvalue weighted by molar-refractivity contribution is -0.142. The molecule has 1 atom stereocenters. The van der Waals surface area contributed by atoms with E-state index >= 15 is 0 Å². The van der Waals surface area contributed by atoms with Gasteiger partial charge >= 0.3 is 5.97 Å². The summed E-state index contributed by atoms with van der Waals surface area (Å²) in [6, 6.07) is 5.97. The summed E-state index contributed by atoms with van der Waals surface area (Å²) in [5.41, 5.74) is 0.763. The zero-order valence-electron chi connectivity index (χ0n) is 11.3. The molecule has 3 N–H and O–H groups in total. The summed E-state index contributed by atoms with van der Waals surface area (Å²) in [5.74, 6) is -0.825. The summed E-state index contributed by atoms with van der Waals surface area (Å²) in [6.45, 7) is 2.16. The minimum Gasteiger partial charge on any atom is -0.494 e. The Morgan fingerprint density at radius 1 is 1.30 bits per heavy atom. The Balaban J connectivity index is 2.54. The van der Waals surface area contributed by atoms with E-state index in [0.29, 0.717) is 6.61 Å². The van der Waals surface area contributed by atoms with Crippen LogP contribution in [0.15, 0.2) is 24.3 Å². The van der Waals surface area contributed by atoms with Gasteiger partial charge in [0.2, 0.25) is 5.91 Å². The largest absolute Gasteiger partial charge is 0.494 e. The number of aliphatic hydroxyl groups excluding tert-OH is 1. The summed E-state index contributed by atoms with van der Waals surface area (Å²) in [7, 11) is 0. The van der Waals surface area contributed by atoms with E-state index < -0.39 is 17.9 Å². The van der Waals surface area contributed by atoms with Crippen LogP contribution in [-0.4, -0.2) is 41.3 Å². The molecule has 0 aliphatic carbocycles. The van der Waals surface area contributed by atoms with E-state index in [2.05, 4.69) is 5.32 Å². The lowest BCUT2D eigenvalue weighted by Gasteiger charge is -2.13. The average Bonchev–Trinajstić information content (AvgIpc) is 2.40. The fraction of sp³-hybridized carbons (Fsp3) is 0.429. The fourth-order valence-electron chi connectivity index (χ4n) is 1.69. The van der Waals surface area contributed by atoms with E-state index in [1.54, 1.807) is 24.3 Å². The second-order valence-electron chi connectivity index (χ2n) is 4.22. The molecule has 0 spiro atoms. The van der Waals surface area contributed by atoms with Crippen LogP contribution in [0.5, 0.6) is 5.75 Å². The summed E-state index contributed by atoms with van der Waals surface area (Å²) in [5, 5.41) is 20.0. The first-order valence-electron chi connectivity index (χ1n) is 6.41. The van der Waals surface area contributed by atoms with E-state index in [-0.39, 0.29) is 19.4 Å². The lowest BCUT2D eigenvalue weighted by Crippen LogP contribution is -2.42. The number of nitrogens with one attached hydrogen (secondary N) is 1. The lowest BCUT2D eigenvalue weighted by atomic mass is 10.1. The Morgan fingerprint density at radius 3 is 2.45 bits per heavy atom. The number of hydrogen-bond donors (Lipinski definition) is 3. The predicted molar refractivity (Wildman–Crippen MR) is 72.6 cm³/mol. The molecule has 0 aliphatic heterocycles. The maximum absolute atomic E-state index is 11.7. The minimum atomic E-state index is -1.15. The van der Waals surface area contributed by atoms with Gasteiger partial charge in [-0.25, -0.2) is 4.79 Å². The first-order valence-corrected chi connectivity index (χ1v) is 6.41. The molecule has 1 amide bonds. The van der Waals surface area contributed by atoms with Crippen LogP contribution in [0.4, 0.5) is 0 Å². The Bertz CT molecular complexity index is 443. The van der Waals surface area contributed by atoms with Crippen molar-refractivity contribution in [2.75, 3.05) is 13.2 Å². The fourth-order valence-corrected chi connectivity index (χ4v) is 1.69. The molecule has 1 rings (SSSR count). The highest BCUT2D eigenvalue weighted by molar-refractivity contribution is 5.84. The normalized spacial score (nSPS) is 11.7. The number of hydrogen-bond acceptors (Lipinski definition) is 4. The van der Waals surface area contributed by atoms with E-state index in [9.17, 15) is 9.59 Å². The third-order valence-corrected chi connectivity index (χ3v) is 2.65. The van der Waals surface area contributed by atoms with Crippen molar-refractivity contribution in [3.8, 4) is 5.75 Å². The van der Waals surface area contributed by atoms with E-state index in [1.807, 2.05) is 6.92 Å². The molecule has 0 saturated carbocycles. The van der Waals surface area contributed by atoms with Crippen molar-refractivity contribution in [1.82, 2.24) is 5.32 Å². The van der Waals surface area contributed by atoms with Gasteiger partial charge in [0, 0.05) is 13.0 Å². The number of ether oxygens (including phenoxy) is 1. The molecule has 0 unspecified atom stereocenters. The SMILES string of the molecule is CCOc1ccc(CC(=O)N[C@H](CCO)C(=O)O)cc1. The van der Waals surface area contributed by atoms with Gasteiger partial charge in [-0.3, -0.25) is 4.79 Å². The van der Waals surface area contributed by atoms with Gasteiger partial charge in [0.05, 0.1) is 13.0 Å². The topological polar surface area (TPSA) is 95.9 Å². The van der Waals surface area contributed by atoms with Gasteiger partial charge in [-0.1, -0.05) is 12.1 Å². The third kappa shape index (κ3) is 5.27. The second-order valence-corrected chi connectivity index (χ2v) is 4.22. The van der Waals surface area contributed by atoms with Crippen molar-refractivity contribution in [2.45, 2.75) is 25.8 Å². The van der Waals surface area contributed by atoms with Crippen LogP contribution in [-0.2, 0) is 16.0 Å². The van der Waals surface area contributed by atoms with Crippen molar-refractivity contribution < 1.29 is 24.5 Å². The smallest absolute Gasteiger partial charge is 0.326 e. The molecule has 110 valence electrons. The van der Waals surface area contributed by atoms with Crippen molar-refractivity contribution in [3.05, 3.63) is 29.8 Å². The predicted octanol–water partition coefficient (Wildman–Crippen LogP) is 0.580. The Labute approximate surface area is 117 Å². The van der Waals surface area contributed by atoms with Crippen LogP contribution >= 0.6 is 0 Å². The molecule has 6 heteroatoms. The molecule has 0 aliphatic rings. The number of aliphatic carboxylic acids is 1. The van der Waals surface area contributed by atoms with Gasteiger partial charge in [0.1, 0.15) is 11.8 Å². The highest BCUT2D eigenvalue weighted by Crippen LogP contribution is 2.12. The number of amides is 1. The number of carboxylic acid groups (broad SMARTS) is 1. The zero-order valence-corrected chi connectivity index (χ0v) is 11.3. The summed E-state index contributed by atoms with van der Waals surface area (Å²) in [6.07, 6.45) is 0.0754. The Morgan fingerprint density at radius 2 is 1.95 bits per heavy atom. The molecule has 0 radical (unpaired) electrons. The van der Waals surface area contributed by atoms with Gasteiger partial charge in [0.15, 0.2) is 0 Å². The number of rotatable bonds is 8. The molecular formula is C14H19NO5. The number of aliphatic hydroxyl groups is 1. The van der Waals surface area contributed by atoms with Crippen molar-refractivity contribution >= 4 is 11.9 Å². The van der Waals surface area contributed by atoms with Crippen LogP contribution in [0.25, 0.3) is 0 Å². The highest BCUT2D eigenvalue weighted by atomic mass is 16.5. The second kappa shape index (κ2) is 8.16. The van der Waals surface area contributed by atoms with Gasteiger partial charge < -0.3 is 20.3 Å². The minimum absolute atomic E-state index is 0.00957. The molecule has 0 saturated heterocycles. The Kier molecular flexibility index (Phi) is 6.52. The molecule has 1 aromatic carbocycles. The van der Waals surface area contributed by atoms with Gasteiger partial charge in [-0.2, -0.15) is 0 Å². The maximum atomic E-state index is 11.7. The number of carboxylic acids is 1. The van der Waals surface area contributed by atoms with Gasteiger partial charge in [0.25, 0.3) is 0 Å². The third-order valence-electron chi connectivity index (χ3n) is 2.65. The number of benzene rings is 1. The first-order chi connectivity index (χ1) is 9.56. The standard InChI is InChI=1S/C14H19NO5/c1-2-20-11-5-3-10(4-6-11)9-13(17)15-12(7-8-16)14(18)19/h3-6,12,16H,2,7-9H2,1H3,(H,15,17)(H,18,19)/t12-/m1/s1. The van der Waals surface area contributed by atoms with E-state index in [4.69, 9.17) is 14.9 Å². The quantitative estimate of drug-likeness (QED) is 0.648. The maximum Gasteiger partial charge on any atom is 0.326 e. The van der Waals surface area contributed by atoms with Gasteiger partial charge in [-0.05, 0) is 24.6 Å².